The second kappa shape index (κ2) is 11.8. The van der Waals surface area contributed by atoms with Crippen molar-refractivity contribution in [3.63, 3.8) is 0 Å². The molecular weight excluding hydrogens is 432 g/mol. The van der Waals surface area contributed by atoms with Gasteiger partial charge in [-0.1, -0.05) is 18.2 Å². The number of ether oxygens (including phenoxy) is 1. The van der Waals surface area contributed by atoms with Gasteiger partial charge < -0.3 is 19.8 Å². The van der Waals surface area contributed by atoms with Crippen molar-refractivity contribution in [1.29, 1.82) is 0 Å². The lowest BCUT2D eigenvalue weighted by Crippen LogP contribution is -2.43. The molecule has 5 nitrogen and oxygen atoms in total. The van der Waals surface area contributed by atoms with E-state index < -0.39 is 6.10 Å². The van der Waals surface area contributed by atoms with Crippen molar-refractivity contribution in [2.45, 2.75) is 30.3 Å². The average Bonchev–Trinajstić information content (AvgIpc) is 2.87. The number of aliphatic hydroxyl groups excluding tert-OH is 2. The number of rotatable bonds is 10. The van der Waals surface area contributed by atoms with Gasteiger partial charge in [-0.2, -0.15) is 0 Å². The van der Waals surface area contributed by atoms with Crippen LogP contribution >= 0.6 is 11.8 Å². The van der Waals surface area contributed by atoms with Gasteiger partial charge in [-0.05, 0) is 79.6 Å². The summed E-state index contributed by atoms with van der Waals surface area (Å²) in [7, 11) is 1.65. The Hall–Kier alpha value is -2.12. The summed E-state index contributed by atoms with van der Waals surface area (Å²) in [6.07, 6.45) is 3.87. The zero-order valence-corrected chi connectivity index (χ0v) is 20.1. The number of nitrogens with zero attached hydrogens (tertiary/aromatic N) is 2. The van der Waals surface area contributed by atoms with Crippen LogP contribution in [0, 0.1) is 11.8 Å². The first-order valence-electron chi connectivity index (χ1n) is 11.8. The summed E-state index contributed by atoms with van der Waals surface area (Å²) >= 11 is 1.89. The largest absolute Gasteiger partial charge is 0.497 e. The Labute approximate surface area is 200 Å². The summed E-state index contributed by atoms with van der Waals surface area (Å²) in [6.45, 7) is 3.23. The molecule has 33 heavy (non-hydrogen) atoms. The monoisotopic (exact) mass is 466 g/mol. The number of aliphatic hydroxyl groups is 2. The molecule has 2 heterocycles. The third-order valence-corrected chi connectivity index (χ3v) is 7.77. The zero-order valence-electron chi connectivity index (χ0n) is 19.3. The number of hydrogen-bond donors (Lipinski definition) is 2. The van der Waals surface area contributed by atoms with E-state index in [4.69, 9.17) is 4.74 Å². The van der Waals surface area contributed by atoms with Gasteiger partial charge in [0.05, 0.1) is 18.7 Å². The first-order chi connectivity index (χ1) is 16.2. The molecule has 1 saturated heterocycles. The number of aromatic nitrogens is 1. The van der Waals surface area contributed by atoms with Crippen molar-refractivity contribution in [3.05, 3.63) is 66.4 Å². The second-order valence-corrected chi connectivity index (χ2v) is 10.00. The maximum atomic E-state index is 11.0. The Morgan fingerprint density at radius 1 is 1.15 bits per heavy atom. The van der Waals surface area contributed by atoms with Crippen molar-refractivity contribution >= 4 is 22.7 Å². The van der Waals surface area contributed by atoms with E-state index in [9.17, 15) is 10.2 Å². The highest BCUT2D eigenvalue weighted by atomic mass is 32.2. The third-order valence-electron chi connectivity index (χ3n) is 6.78. The zero-order chi connectivity index (χ0) is 23.0. The average molecular weight is 467 g/mol. The van der Waals surface area contributed by atoms with Gasteiger partial charge in [-0.15, -0.1) is 11.8 Å². The van der Waals surface area contributed by atoms with E-state index in [0.717, 1.165) is 60.4 Å². The van der Waals surface area contributed by atoms with Crippen LogP contribution in [-0.2, 0) is 0 Å². The summed E-state index contributed by atoms with van der Waals surface area (Å²) in [5.41, 5.74) is 1.76. The molecule has 1 aliphatic heterocycles. The summed E-state index contributed by atoms with van der Waals surface area (Å²) in [5.74, 6) is 2.53. The van der Waals surface area contributed by atoms with Crippen molar-refractivity contribution < 1.29 is 14.9 Å². The normalized spacial score (nSPS) is 20.1. The standard InChI is InChI=1S/C27H34N2O3S/c1-32-22-8-9-26-25(17-22)24(11-13-28-26)27(31)10-7-20-12-14-29(18-21(20)19-30)15-16-33-23-5-3-2-4-6-23/h2-6,8-9,11,13,17,20-21,27,30-31H,7,10,12,14-16,18-19H2,1H3/t20-,21-,27+/m1/s1. The Balaban J connectivity index is 1.30. The fourth-order valence-corrected chi connectivity index (χ4v) is 5.78. The lowest BCUT2D eigenvalue weighted by atomic mass is 9.81. The fourth-order valence-electron chi connectivity index (χ4n) is 4.85. The molecule has 1 fully saturated rings. The van der Waals surface area contributed by atoms with Crippen LogP contribution in [0.5, 0.6) is 5.75 Å². The smallest absolute Gasteiger partial charge is 0.119 e. The number of methoxy groups -OCH3 is 1. The molecule has 1 aliphatic rings. The predicted octanol–water partition coefficient (Wildman–Crippen LogP) is 4.78. The molecule has 2 N–H and O–H groups in total. The van der Waals surface area contributed by atoms with Crippen LogP contribution in [0.4, 0.5) is 0 Å². The number of pyridine rings is 1. The van der Waals surface area contributed by atoms with Crippen molar-refractivity contribution in [3.8, 4) is 5.75 Å². The predicted molar refractivity (Wildman–Crippen MR) is 135 cm³/mol. The van der Waals surface area contributed by atoms with Crippen LogP contribution in [0.2, 0.25) is 0 Å². The lowest BCUT2D eigenvalue weighted by molar-refractivity contribution is 0.0608. The van der Waals surface area contributed by atoms with Crippen LogP contribution in [0.15, 0.2) is 65.7 Å². The molecule has 3 aromatic rings. The Morgan fingerprint density at radius 3 is 2.79 bits per heavy atom. The molecule has 0 saturated carbocycles. The molecule has 3 atom stereocenters. The van der Waals surface area contributed by atoms with Crippen molar-refractivity contribution in [1.82, 2.24) is 9.88 Å². The van der Waals surface area contributed by atoms with E-state index in [-0.39, 0.29) is 12.5 Å². The third kappa shape index (κ3) is 6.27. The highest BCUT2D eigenvalue weighted by Crippen LogP contribution is 2.33. The molecule has 0 amide bonds. The molecule has 0 unspecified atom stereocenters. The number of fused-ring (bicyclic) bond motifs is 1. The molecule has 1 aromatic heterocycles. The minimum Gasteiger partial charge on any atom is -0.497 e. The second-order valence-electron chi connectivity index (χ2n) is 8.83. The number of hydrogen-bond acceptors (Lipinski definition) is 6. The minimum atomic E-state index is -0.553. The first-order valence-corrected chi connectivity index (χ1v) is 12.8. The maximum absolute atomic E-state index is 11.0. The molecule has 2 aromatic carbocycles. The summed E-state index contributed by atoms with van der Waals surface area (Å²) in [6, 6.07) is 18.2. The van der Waals surface area contributed by atoms with E-state index in [0.29, 0.717) is 12.3 Å². The molecular formula is C27H34N2O3S. The van der Waals surface area contributed by atoms with Gasteiger partial charge in [-0.25, -0.2) is 0 Å². The summed E-state index contributed by atoms with van der Waals surface area (Å²) in [5, 5.41) is 22.0. The van der Waals surface area contributed by atoms with Gasteiger partial charge in [0.2, 0.25) is 0 Å². The highest BCUT2D eigenvalue weighted by Gasteiger charge is 2.29. The molecule has 0 spiro atoms. The highest BCUT2D eigenvalue weighted by molar-refractivity contribution is 7.99. The molecule has 0 bridgehead atoms. The Kier molecular flexibility index (Phi) is 8.62. The van der Waals surface area contributed by atoms with Gasteiger partial charge in [0.1, 0.15) is 5.75 Å². The van der Waals surface area contributed by atoms with E-state index in [1.54, 1.807) is 13.3 Å². The van der Waals surface area contributed by atoms with Crippen LogP contribution in [0.25, 0.3) is 10.9 Å². The Bertz CT molecular complexity index is 1020. The van der Waals surface area contributed by atoms with Crippen LogP contribution < -0.4 is 4.74 Å². The lowest BCUT2D eigenvalue weighted by Gasteiger charge is -2.38. The summed E-state index contributed by atoms with van der Waals surface area (Å²) < 4.78 is 5.36. The minimum absolute atomic E-state index is 0.207. The SMILES string of the molecule is COc1ccc2nccc([C@@H](O)CC[C@@H]3CCN(CCSc4ccccc4)C[C@@H]3CO)c2c1. The molecule has 6 heteroatoms. The molecule has 176 valence electrons. The van der Waals surface area contributed by atoms with E-state index in [1.807, 2.05) is 42.1 Å². The first kappa shape index (κ1) is 24.0. The molecule has 0 radical (unpaired) electrons. The van der Waals surface area contributed by atoms with Crippen molar-refractivity contribution in [2.24, 2.45) is 11.8 Å². The Morgan fingerprint density at radius 2 is 2.00 bits per heavy atom. The van der Waals surface area contributed by atoms with Gasteiger partial charge in [-0.3, -0.25) is 4.98 Å². The van der Waals surface area contributed by atoms with E-state index in [2.05, 4.69) is 34.1 Å². The van der Waals surface area contributed by atoms with Crippen molar-refractivity contribution in [2.75, 3.05) is 39.1 Å². The number of likely N-dealkylation sites (tertiary alicyclic amines) is 1. The van der Waals surface area contributed by atoms with Gasteiger partial charge in [0, 0.05) is 41.9 Å². The van der Waals surface area contributed by atoms with E-state index >= 15 is 0 Å². The topological polar surface area (TPSA) is 65.8 Å². The fraction of sp³-hybridized carbons (Fsp3) is 0.444. The van der Waals surface area contributed by atoms with Crippen LogP contribution in [-0.4, -0.2) is 59.2 Å². The quantitative estimate of drug-likeness (QED) is 0.419. The molecule has 4 rings (SSSR count). The van der Waals surface area contributed by atoms with Crippen LogP contribution in [0.3, 0.4) is 0 Å². The summed E-state index contributed by atoms with van der Waals surface area (Å²) in [4.78, 5) is 8.21. The number of benzene rings is 2. The van der Waals surface area contributed by atoms with Gasteiger partial charge in [0.15, 0.2) is 0 Å². The maximum Gasteiger partial charge on any atom is 0.119 e. The van der Waals surface area contributed by atoms with Gasteiger partial charge >= 0.3 is 0 Å². The van der Waals surface area contributed by atoms with E-state index in [1.165, 1.54) is 4.90 Å². The van der Waals surface area contributed by atoms with Gasteiger partial charge in [0.25, 0.3) is 0 Å². The number of piperidine rings is 1. The van der Waals surface area contributed by atoms with Crippen LogP contribution in [0.1, 0.15) is 30.9 Å². The number of thioether (sulfide) groups is 1. The molecule has 0 aliphatic carbocycles.